The number of ether oxygens (including phenoxy) is 1. The molecule has 0 saturated carbocycles. The highest BCUT2D eigenvalue weighted by atomic mass is 19.1. The van der Waals surface area contributed by atoms with Crippen molar-refractivity contribution in [2.75, 3.05) is 18.6 Å². The molecule has 6 heteroatoms. The van der Waals surface area contributed by atoms with Gasteiger partial charge in [0.2, 0.25) is 0 Å². The smallest absolute Gasteiger partial charge is 0.358 e. The van der Waals surface area contributed by atoms with Gasteiger partial charge in [-0.25, -0.2) is 9.18 Å². The van der Waals surface area contributed by atoms with Gasteiger partial charge in [0.1, 0.15) is 5.82 Å². The van der Waals surface area contributed by atoms with Gasteiger partial charge >= 0.3 is 5.97 Å². The molecule has 1 aromatic heterocycles. The van der Waals surface area contributed by atoms with Gasteiger partial charge in [0.15, 0.2) is 11.5 Å². The van der Waals surface area contributed by atoms with Crippen molar-refractivity contribution < 1.29 is 13.9 Å². The van der Waals surface area contributed by atoms with E-state index in [2.05, 4.69) is 19.8 Å². The van der Waals surface area contributed by atoms with Crippen molar-refractivity contribution >= 4 is 11.8 Å². The predicted molar refractivity (Wildman–Crippen MR) is 79.1 cm³/mol. The van der Waals surface area contributed by atoms with Crippen molar-refractivity contribution in [1.29, 1.82) is 0 Å². The molecule has 0 amide bonds. The van der Waals surface area contributed by atoms with Gasteiger partial charge in [-0.1, -0.05) is 12.1 Å². The molecule has 0 N–H and O–H groups in total. The zero-order valence-corrected chi connectivity index (χ0v) is 12.2. The molecule has 0 aliphatic carbocycles. The number of carbonyl (C=O) groups is 1. The van der Waals surface area contributed by atoms with E-state index in [1.165, 1.54) is 13.2 Å². The van der Waals surface area contributed by atoms with Crippen LogP contribution >= 0.6 is 0 Å². The van der Waals surface area contributed by atoms with Crippen molar-refractivity contribution in [3.63, 3.8) is 0 Å². The molecule has 1 unspecified atom stereocenters. The van der Waals surface area contributed by atoms with E-state index in [4.69, 9.17) is 0 Å². The first-order chi connectivity index (χ1) is 10.7. The maximum atomic E-state index is 13.4. The summed E-state index contributed by atoms with van der Waals surface area (Å²) in [4.78, 5) is 13.5. The molecule has 2 heterocycles. The van der Waals surface area contributed by atoms with E-state index in [1.54, 1.807) is 24.3 Å². The second-order valence-electron chi connectivity index (χ2n) is 5.17. The summed E-state index contributed by atoms with van der Waals surface area (Å²) in [6, 6.07) is 10.0. The number of halogens is 1. The zero-order chi connectivity index (χ0) is 15.5. The van der Waals surface area contributed by atoms with Gasteiger partial charge < -0.3 is 9.64 Å². The van der Waals surface area contributed by atoms with Crippen LogP contribution in [0.3, 0.4) is 0 Å². The van der Waals surface area contributed by atoms with Gasteiger partial charge in [-0.3, -0.25) is 0 Å². The Hall–Kier alpha value is -2.50. The molecule has 0 spiro atoms. The van der Waals surface area contributed by atoms with Gasteiger partial charge in [0.25, 0.3) is 0 Å². The Labute approximate surface area is 127 Å². The molecule has 1 aliphatic rings. The third kappa shape index (κ3) is 2.77. The first kappa shape index (κ1) is 14.4. The van der Waals surface area contributed by atoms with E-state index < -0.39 is 5.97 Å². The second kappa shape index (κ2) is 6.09. The number of benzene rings is 1. The van der Waals surface area contributed by atoms with Gasteiger partial charge in [-0.15, -0.1) is 10.2 Å². The predicted octanol–water partition coefficient (Wildman–Crippen LogP) is 2.74. The van der Waals surface area contributed by atoms with Crippen molar-refractivity contribution in [2.45, 2.75) is 18.9 Å². The summed E-state index contributed by atoms with van der Waals surface area (Å²) >= 11 is 0. The fourth-order valence-electron chi connectivity index (χ4n) is 2.79. The lowest BCUT2D eigenvalue weighted by Gasteiger charge is -2.25. The molecule has 5 nitrogen and oxygen atoms in total. The Morgan fingerprint density at radius 3 is 2.86 bits per heavy atom. The number of hydrogen-bond acceptors (Lipinski definition) is 5. The molecule has 22 heavy (non-hydrogen) atoms. The molecule has 0 bridgehead atoms. The molecule has 2 aromatic rings. The largest absolute Gasteiger partial charge is 0.464 e. The van der Waals surface area contributed by atoms with Crippen molar-refractivity contribution in [3.05, 3.63) is 53.5 Å². The minimum Gasteiger partial charge on any atom is -0.464 e. The summed E-state index contributed by atoms with van der Waals surface area (Å²) in [7, 11) is 1.30. The maximum absolute atomic E-state index is 13.4. The Bertz CT molecular complexity index is 675. The maximum Gasteiger partial charge on any atom is 0.358 e. The zero-order valence-electron chi connectivity index (χ0n) is 12.2. The SMILES string of the molecule is COC(=O)c1ccc(N2CCCC2c2cccc(F)c2)nn1. The first-order valence-electron chi connectivity index (χ1n) is 7.13. The highest BCUT2D eigenvalue weighted by Crippen LogP contribution is 2.35. The summed E-state index contributed by atoms with van der Waals surface area (Å²) in [6.07, 6.45) is 1.94. The number of nitrogens with zero attached hydrogens (tertiary/aromatic N) is 3. The van der Waals surface area contributed by atoms with Crippen LogP contribution in [-0.4, -0.2) is 29.8 Å². The van der Waals surface area contributed by atoms with E-state index in [-0.39, 0.29) is 17.6 Å². The number of rotatable bonds is 3. The third-order valence-electron chi connectivity index (χ3n) is 3.83. The Morgan fingerprint density at radius 2 is 2.18 bits per heavy atom. The highest BCUT2D eigenvalue weighted by Gasteiger charge is 2.27. The van der Waals surface area contributed by atoms with Gasteiger partial charge in [-0.2, -0.15) is 0 Å². The van der Waals surface area contributed by atoms with E-state index in [0.717, 1.165) is 24.9 Å². The number of carbonyl (C=O) groups excluding carboxylic acids is 1. The average Bonchev–Trinajstić information content (AvgIpc) is 3.04. The molecule has 1 aliphatic heterocycles. The highest BCUT2D eigenvalue weighted by molar-refractivity contribution is 5.87. The van der Waals surface area contributed by atoms with Crippen LogP contribution in [0.5, 0.6) is 0 Å². The number of methoxy groups -OCH3 is 1. The third-order valence-corrected chi connectivity index (χ3v) is 3.83. The average molecular weight is 301 g/mol. The van der Waals surface area contributed by atoms with Gasteiger partial charge in [0.05, 0.1) is 13.2 Å². The molecule has 0 radical (unpaired) electrons. The molecule has 114 valence electrons. The van der Waals surface area contributed by atoms with Crippen LogP contribution in [0.15, 0.2) is 36.4 Å². The Kier molecular flexibility index (Phi) is 4.00. The molecule has 1 aromatic carbocycles. The van der Waals surface area contributed by atoms with Crippen LogP contribution in [0, 0.1) is 5.82 Å². The summed E-state index contributed by atoms with van der Waals surface area (Å²) < 4.78 is 18.0. The minimum absolute atomic E-state index is 0.0778. The molecule has 1 atom stereocenters. The lowest BCUT2D eigenvalue weighted by atomic mass is 10.0. The number of anilines is 1. The fraction of sp³-hybridized carbons (Fsp3) is 0.312. The Morgan fingerprint density at radius 1 is 1.32 bits per heavy atom. The fourth-order valence-corrected chi connectivity index (χ4v) is 2.79. The van der Waals surface area contributed by atoms with Crippen LogP contribution in [0.25, 0.3) is 0 Å². The quantitative estimate of drug-likeness (QED) is 0.816. The second-order valence-corrected chi connectivity index (χ2v) is 5.17. The topological polar surface area (TPSA) is 55.3 Å². The van der Waals surface area contributed by atoms with E-state index >= 15 is 0 Å². The summed E-state index contributed by atoms with van der Waals surface area (Å²) in [5.74, 6) is -0.0713. The summed E-state index contributed by atoms with van der Waals surface area (Å²) in [5.41, 5.74) is 1.10. The lowest BCUT2D eigenvalue weighted by Crippen LogP contribution is -2.24. The van der Waals surface area contributed by atoms with E-state index in [9.17, 15) is 9.18 Å². The minimum atomic E-state index is -0.512. The van der Waals surface area contributed by atoms with Gasteiger partial charge in [-0.05, 0) is 42.7 Å². The summed E-state index contributed by atoms with van der Waals surface area (Å²) in [6.45, 7) is 0.827. The number of hydrogen-bond donors (Lipinski definition) is 0. The van der Waals surface area contributed by atoms with Crippen LogP contribution in [0.4, 0.5) is 10.2 Å². The van der Waals surface area contributed by atoms with Crippen molar-refractivity contribution in [2.24, 2.45) is 0 Å². The monoisotopic (exact) mass is 301 g/mol. The van der Waals surface area contributed by atoms with Crippen LogP contribution < -0.4 is 4.90 Å². The first-order valence-corrected chi connectivity index (χ1v) is 7.13. The van der Waals surface area contributed by atoms with Gasteiger partial charge in [0, 0.05) is 6.54 Å². The van der Waals surface area contributed by atoms with Crippen LogP contribution in [0.2, 0.25) is 0 Å². The normalized spacial score (nSPS) is 17.5. The molecule has 1 fully saturated rings. The molecular formula is C16H16FN3O2. The van der Waals surface area contributed by atoms with E-state index in [1.807, 2.05) is 6.07 Å². The lowest BCUT2D eigenvalue weighted by molar-refractivity contribution is 0.0592. The summed E-state index contributed by atoms with van der Waals surface area (Å²) in [5, 5.41) is 8.01. The number of esters is 1. The van der Waals surface area contributed by atoms with Crippen molar-refractivity contribution in [3.8, 4) is 0 Å². The van der Waals surface area contributed by atoms with Crippen molar-refractivity contribution in [1.82, 2.24) is 10.2 Å². The standard InChI is InChI=1S/C16H16FN3O2/c1-22-16(21)13-7-8-15(19-18-13)20-9-3-6-14(20)11-4-2-5-12(17)10-11/h2,4-5,7-8,10,14H,3,6,9H2,1H3. The van der Waals surface area contributed by atoms with Crippen LogP contribution in [-0.2, 0) is 4.74 Å². The Balaban J connectivity index is 1.85. The number of aromatic nitrogens is 2. The molecule has 1 saturated heterocycles. The molecule has 3 rings (SSSR count). The van der Waals surface area contributed by atoms with E-state index in [0.29, 0.717) is 5.82 Å². The van der Waals surface area contributed by atoms with Crippen LogP contribution in [0.1, 0.15) is 34.9 Å². The molecular weight excluding hydrogens is 285 g/mol.